The van der Waals surface area contributed by atoms with Crippen molar-refractivity contribution < 1.29 is 13.2 Å². The molecule has 0 aliphatic carbocycles. The Kier molecular flexibility index (Phi) is 6.80. The van der Waals surface area contributed by atoms with Crippen molar-refractivity contribution in [2.75, 3.05) is 26.2 Å². The standard InChI is InChI=1S/C21H26N2O3S2/c1-17(2)27-20-11-7-6-10-19(20)21(24)22-12-14-23(15-13-22)28(25,26)16-18-8-4-3-5-9-18/h3-11,17H,12-16H2,1-2H3. The lowest BCUT2D eigenvalue weighted by Crippen LogP contribution is -2.50. The predicted molar refractivity (Wildman–Crippen MR) is 114 cm³/mol. The third-order valence-corrected chi connectivity index (χ3v) is 7.52. The summed E-state index contributed by atoms with van der Waals surface area (Å²) in [7, 11) is -3.38. The molecule has 0 bridgehead atoms. The van der Waals surface area contributed by atoms with E-state index >= 15 is 0 Å². The van der Waals surface area contributed by atoms with Crippen molar-refractivity contribution in [3.63, 3.8) is 0 Å². The molecule has 2 aromatic rings. The monoisotopic (exact) mass is 418 g/mol. The first-order valence-electron chi connectivity index (χ1n) is 9.43. The summed E-state index contributed by atoms with van der Waals surface area (Å²) < 4.78 is 26.9. The van der Waals surface area contributed by atoms with Crippen molar-refractivity contribution in [1.82, 2.24) is 9.21 Å². The largest absolute Gasteiger partial charge is 0.336 e. The molecule has 1 amide bonds. The normalized spacial score (nSPS) is 15.8. The molecule has 0 N–H and O–H groups in total. The Morgan fingerprint density at radius 2 is 1.57 bits per heavy atom. The molecule has 1 fully saturated rings. The van der Waals surface area contributed by atoms with Crippen LogP contribution in [0.4, 0.5) is 0 Å². The second-order valence-electron chi connectivity index (χ2n) is 7.10. The molecular formula is C21H26N2O3S2. The number of hydrogen-bond acceptors (Lipinski definition) is 4. The maximum Gasteiger partial charge on any atom is 0.255 e. The van der Waals surface area contributed by atoms with Crippen LogP contribution in [0.1, 0.15) is 29.8 Å². The van der Waals surface area contributed by atoms with Gasteiger partial charge >= 0.3 is 0 Å². The van der Waals surface area contributed by atoms with Gasteiger partial charge in [-0.1, -0.05) is 56.3 Å². The molecule has 7 heteroatoms. The van der Waals surface area contributed by atoms with Crippen molar-refractivity contribution in [2.24, 2.45) is 0 Å². The number of hydrogen-bond donors (Lipinski definition) is 0. The first-order valence-corrected chi connectivity index (χ1v) is 11.9. The van der Waals surface area contributed by atoms with Gasteiger partial charge in [0, 0.05) is 36.3 Å². The number of rotatable bonds is 6. The lowest BCUT2D eigenvalue weighted by Gasteiger charge is -2.34. The number of amides is 1. The van der Waals surface area contributed by atoms with Crippen LogP contribution in [0.15, 0.2) is 59.5 Å². The van der Waals surface area contributed by atoms with Gasteiger partial charge in [0.1, 0.15) is 0 Å². The highest BCUT2D eigenvalue weighted by atomic mass is 32.2. The Bertz CT molecular complexity index is 906. The minimum Gasteiger partial charge on any atom is -0.336 e. The molecule has 1 saturated heterocycles. The van der Waals surface area contributed by atoms with Crippen LogP contribution in [0.25, 0.3) is 0 Å². The van der Waals surface area contributed by atoms with Gasteiger partial charge in [0.15, 0.2) is 0 Å². The molecule has 28 heavy (non-hydrogen) atoms. The van der Waals surface area contributed by atoms with E-state index in [1.165, 1.54) is 4.31 Å². The molecule has 0 aromatic heterocycles. The van der Waals surface area contributed by atoms with Gasteiger partial charge in [-0.25, -0.2) is 8.42 Å². The van der Waals surface area contributed by atoms with Crippen molar-refractivity contribution in [3.8, 4) is 0 Å². The summed E-state index contributed by atoms with van der Waals surface area (Å²) >= 11 is 1.67. The summed E-state index contributed by atoms with van der Waals surface area (Å²) in [4.78, 5) is 15.7. The van der Waals surface area contributed by atoms with E-state index in [4.69, 9.17) is 0 Å². The molecule has 1 heterocycles. The molecule has 0 saturated carbocycles. The Hall–Kier alpha value is -1.83. The number of sulfonamides is 1. The van der Waals surface area contributed by atoms with Crippen LogP contribution in [0, 0.1) is 0 Å². The molecule has 0 unspecified atom stereocenters. The molecular weight excluding hydrogens is 392 g/mol. The highest BCUT2D eigenvalue weighted by Gasteiger charge is 2.30. The summed E-state index contributed by atoms with van der Waals surface area (Å²) in [5.41, 5.74) is 1.47. The number of nitrogens with zero attached hydrogens (tertiary/aromatic N) is 2. The van der Waals surface area contributed by atoms with Crippen LogP contribution in [0.3, 0.4) is 0 Å². The summed E-state index contributed by atoms with van der Waals surface area (Å²) in [6, 6.07) is 16.8. The third kappa shape index (κ3) is 5.16. The Morgan fingerprint density at radius 3 is 2.21 bits per heavy atom. The van der Waals surface area contributed by atoms with E-state index < -0.39 is 10.0 Å². The maximum absolute atomic E-state index is 13.0. The van der Waals surface area contributed by atoms with E-state index in [0.29, 0.717) is 37.0 Å². The van der Waals surface area contributed by atoms with E-state index in [-0.39, 0.29) is 11.7 Å². The van der Waals surface area contributed by atoms with Gasteiger partial charge in [-0.3, -0.25) is 4.79 Å². The lowest BCUT2D eigenvalue weighted by atomic mass is 10.2. The van der Waals surface area contributed by atoms with Crippen LogP contribution >= 0.6 is 11.8 Å². The molecule has 0 spiro atoms. The highest BCUT2D eigenvalue weighted by molar-refractivity contribution is 8.00. The minimum atomic E-state index is -3.38. The van der Waals surface area contributed by atoms with Crippen LogP contribution < -0.4 is 0 Å². The summed E-state index contributed by atoms with van der Waals surface area (Å²) in [6.45, 7) is 5.69. The molecule has 1 aliphatic heterocycles. The average molecular weight is 419 g/mol. The average Bonchev–Trinajstić information content (AvgIpc) is 2.68. The van der Waals surface area contributed by atoms with E-state index in [9.17, 15) is 13.2 Å². The number of thioether (sulfide) groups is 1. The van der Waals surface area contributed by atoms with Crippen LogP contribution in [-0.2, 0) is 15.8 Å². The first-order chi connectivity index (χ1) is 13.4. The number of carbonyl (C=O) groups is 1. The number of piperazine rings is 1. The zero-order chi connectivity index (χ0) is 20.1. The molecule has 2 aromatic carbocycles. The van der Waals surface area contributed by atoms with E-state index in [1.807, 2.05) is 54.6 Å². The van der Waals surface area contributed by atoms with Crippen molar-refractivity contribution >= 4 is 27.7 Å². The second kappa shape index (κ2) is 9.11. The molecule has 0 radical (unpaired) electrons. The lowest BCUT2D eigenvalue weighted by molar-refractivity contribution is 0.0694. The molecule has 150 valence electrons. The third-order valence-electron chi connectivity index (χ3n) is 4.59. The first kappa shape index (κ1) is 20.9. The van der Waals surface area contributed by atoms with Gasteiger partial charge in [-0.15, -0.1) is 11.8 Å². The van der Waals surface area contributed by atoms with Gasteiger partial charge < -0.3 is 4.90 Å². The fourth-order valence-corrected chi connectivity index (χ4v) is 5.68. The molecule has 1 aliphatic rings. The Labute approximate surface area is 171 Å². The van der Waals surface area contributed by atoms with Crippen molar-refractivity contribution in [2.45, 2.75) is 29.7 Å². The Balaban J connectivity index is 1.65. The molecule has 5 nitrogen and oxygen atoms in total. The van der Waals surface area contributed by atoms with Crippen LogP contribution in [0.2, 0.25) is 0 Å². The SMILES string of the molecule is CC(C)Sc1ccccc1C(=O)N1CCN(S(=O)(=O)Cc2ccccc2)CC1. The van der Waals surface area contributed by atoms with Crippen LogP contribution in [0.5, 0.6) is 0 Å². The fraction of sp³-hybridized carbons (Fsp3) is 0.381. The zero-order valence-electron chi connectivity index (χ0n) is 16.2. The minimum absolute atomic E-state index is 0.00432. The van der Waals surface area contributed by atoms with Gasteiger partial charge in [0.05, 0.1) is 11.3 Å². The van der Waals surface area contributed by atoms with Crippen molar-refractivity contribution in [3.05, 3.63) is 65.7 Å². The van der Waals surface area contributed by atoms with E-state index in [2.05, 4.69) is 13.8 Å². The molecule has 3 rings (SSSR count). The highest BCUT2D eigenvalue weighted by Crippen LogP contribution is 2.28. The Morgan fingerprint density at radius 1 is 0.964 bits per heavy atom. The van der Waals surface area contributed by atoms with Crippen LogP contribution in [-0.4, -0.2) is 55.0 Å². The topological polar surface area (TPSA) is 57.7 Å². The van der Waals surface area contributed by atoms with Gasteiger partial charge in [-0.2, -0.15) is 4.31 Å². The van der Waals surface area contributed by atoms with Gasteiger partial charge in [0.25, 0.3) is 5.91 Å². The van der Waals surface area contributed by atoms with Gasteiger partial charge in [0.2, 0.25) is 10.0 Å². The smallest absolute Gasteiger partial charge is 0.255 e. The number of benzene rings is 2. The summed E-state index contributed by atoms with van der Waals surface area (Å²) in [5, 5.41) is 0.383. The predicted octanol–water partition coefficient (Wildman–Crippen LogP) is 3.47. The quantitative estimate of drug-likeness (QED) is 0.674. The molecule has 0 atom stereocenters. The fourth-order valence-electron chi connectivity index (χ4n) is 3.22. The zero-order valence-corrected chi connectivity index (χ0v) is 17.9. The maximum atomic E-state index is 13.0. The second-order valence-corrected chi connectivity index (χ2v) is 10.7. The van der Waals surface area contributed by atoms with E-state index in [0.717, 1.165) is 10.5 Å². The van der Waals surface area contributed by atoms with Gasteiger partial charge in [-0.05, 0) is 17.7 Å². The number of carbonyl (C=O) groups excluding carboxylic acids is 1. The van der Waals surface area contributed by atoms with Crippen molar-refractivity contribution in [1.29, 1.82) is 0 Å². The summed E-state index contributed by atoms with van der Waals surface area (Å²) in [5.74, 6) is -0.0285. The summed E-state index contributed by atoms with van der Waals surface area (Å²) in [6.07, 6.45) is 0. The van der Waals surface area contributed by atoms with E-state index in [1.54, 1.807) is 16.7 Å².